The topological polar surface area (TPSA) is 75.7 Å². The Morgan fingerprint density at radius 1 is 1.45 bits per heavy atom. The number of anilines is 1. The van der Waals surface area contributed by atoms with Crippen LogP contribution in [0.5, 0.6) is 0 Å². The molecule has 0 heterocycles. The van der Waals surface area contributed by atoms with E-state index in [0.29, 0.717) is 10.2 Å². The lowest BCUT2D eigenvalue weighted by molar-refractivity contribution is 0.171. The molecule has 20 heavy (non-hydrogen) atoms. The van der Waals surface area contributed by atoms with Crippen LogP contribution in [0.15, 0.2) is 22.7 Å². The second-order valence-electron chi connectivity index (χ2n) is 4.21. The van der Waals surface area contributed by atoms with Crippen molar-refractivity contribution in [3.63, 3.8) is 0 Å². The summed E-state index contributed by atoms with van der Waals surface area (Å²) >= 11 is 3.36. The summed E-state index contributed by atoms with van der Waals surface area (Å²) in [6.45, 7) is 2.19. The van der Waals surface area contributed by atoms with Crippen molar-refractivity contribution in [2.45, 2.75) is 6.92 Å². The number of halogens is 1. The minimum atomic E-state index is -3.45. The fourth-order valence-corrected chi connectivity index (χ4v) is 3.37. The molecule has 0 saturated carbocycles. The fraction of sp³-hybridized carbons (Fsp3) is 0.417. The molecule has 0 spiro atoms. The summed E-state index contributed by atoms with van der Waals surface area (Å²) in [6, 6.07) is 5.38. The van der Waals surface area contributed by atoms with Gasteiger partial charge in [-0.25, -0.2) is 13.2 Å². The Bertz CT molecular complexity index is 589. The first-order valence-electron chi connectivity index (χ1n) is 5.81. The van der Waals surface area contributed by atoms with Gasteiger partial charge >= 0.3 is 6.09 Å². The Balaban J connectivity index is 2.93. The van der Waals surface area contributed by atoms with Crippen molar-refractivity contribution >= 4 is 37.7 Å². The molecule has 1 aromatic rings. The Kier molecular flexibility index (Phi) is 5.82. The van der Waals surface area contributed by atoms with E-state index < -0.39 is 16.1 Å². The van der Waals surface area contributed by atoms with Crippen molar-refractivity contribution in [3.8, 4) is 0 Å². The summed E-state index contributed by atoms with van der Waals surface area (Å²) in [6.07, 6.45) is 0.527. The molecule has 0 saturated heterocycles. The van der Waals surface area contributed by atoms with Gasteiger partial charge in [0.1, 0.15) is 0 Å². The number of nitrogens with zero attached hydrogens (tertiary/aromatic N) is 1. The number of aryl methyl sites for hydroxylation is 1. The highest BCUT2D eigenvalue weighted by atomic mass is 79.9. The quantitative estimate of drug-likeness (QED) is 0.865. The van der Waals surface area contributed by atoms with Gasteiger partial charge in [-0.2, -0.15) is 0 Å². The molecule has 0 fully saturated rings. The Hall–Kier alpha value is -1.28. The average Bonchev–Trinajstić information content (AvgIpc) is 2.34. The number of sulfonamides is 1. The molecule has 8 heteroatoms. The second kappa shape index (κ2) is 6.94. The zero-order valence-electron chi connectivity index (χ0n) is 11.5. The van der Waals surface area contributed by atoms with Crippen LogP contribution in [0.1, 0.15) is 5.56 Å². The zero-order chi connectivity index (χ0) is 15.3. The predicted molar refractivity (Wildman–Crippen MR) is 81.5 cm³/mol. The smallest absolute Gasteiger partial charge is 0.406 e. The summed E-state index contributed by atoms with van der Waals surface area (Å²) in [5.41, 5.74) is 1.55. The summed E-state index contributed by atoms with van der Waals surface area (Å²) in [5.74, 6) is 0. The molecule has 6 nitrogen and oxygen atoms in total. The number of hydrogen-bond acceptors (Lipinski definition) is 4. The molecule has 1 N–H and O–H groups in total. The maximum atomic E-state index is 11.9. The fourth-order valence-electron chi connectivity index (χ4n) is 1.61. The summed E-state index contributed by atoms with van der Waals surface area (Å²) in [5, 5.41) is 2.45. The minimum absolute atomic E-state index is 0.121. The first-order chi connectivity index (χ1) is 9.25. The van der Waals surface area contributed by atoms with Crippen molar-refractivity contribution in [2.24, 2.45) is 0 Å². The van der Waals surface area contributed by atoms with E-state index in [9.17, 15) is 13.2 Å². The van der Waals surface area contributed by atoms with E-state index in [4.69, 9.17) is 0 Å². The summed E-state index contributed by atoms with van der Waals surface area (Å²) < 4.78 is 30.1. The maximum Gasteiger partial charge on any atom is 0.406 e. The summed E-state index contributed by atoms with van der Waals surface area (Å²) in [4.78, 5) is 11.0. The molecule has 0 radical (unpaired) electrons. The lowest BCUT2D eigenvalue weighted by atomic mass is 10.2. The number of rotatable bonds is 5. The Labute approximate surface area is 127 Å². The molecule has 1 amide bonds. The number of alkyl carbamates (subject to hydrolysis) is 1. The third kappa shape index (κ3) is 4.68. The lowest BCUT2D eigenvalue weighted by Gasteiger charge is -2.23. The summed E-state index contributed by atoms with van der Waals surface area (Å²) in [7, 11) is -2.20. The van der Waals surface area contributed by atoms with Crippen LogP contribution in [0.4, 0.5) is 10.5 Å². The van der Waals surface area contributed by atoms with Crippen molar-refractivity contribution in [2.75, 3.05) is 30.8 Å². The second-order valence-corrected chi connectivity index (χ2v) is 6.97. The van der Waals surface area contributed by atoms with Gasteiger partial charge < -0.3 is 10.1 Å². The highest BCUT2D eigenvalue weighted by Gasteiger charge is 2.19. The van der Waals surface area contributed by atoms with Crippen molar-refractivity contribution in [3.05, 3.63) is 28.2 Å². The minimum Gasteiger partial charge on any atom is -0.453 e. The number of hydrogen-bond donors (Lipinski definition) is 1. The van der Waals surface area contributed by atoms with Gasteiger partial charge in [-0.3, -0.25) is 4.31 Å². The van der Waals surface area contributed by atoms with E-state index in [2.05, 4.69) is 26.0 Å². The van der Waals surface area contributed by atoms with Gasteiger partial charge in [0.2, 0.25) is 10.0 Å². The predicted octanol–water partition coefficient (Wildman–Crippen LogP) is 1.88. The van der Waals surface area contributed by atoms with Crippen LogP contribution in [0.2, 0.25) is 0 Å². The molecule has 0 bridgehead atoms. The van der Waals surface area contributed by atoms with Crippen LogP contribution in [0.25, 0.3) is 0 Å². The van der Waals surface area contributed by atoms with E-state index in [0.717, 1.165) is 11.8 Å². The first kappa shape index (κ1) is 16.8. The van der Waals surface area contributed by atoms with E-state index in [-0.39, 0.29) is 13.1 Å². The molecule has 0 aliphatic rings. The van der Waals surface area contributed by atoms with Gasteiger partial charge in [-0.15, -0.1) is 0 Å². The molecule has 112 valence electrons. The van der Waals surface area contributed by atoms with E-state index in [1.165, 1.54) is 11.4 Å². The monoisotopic (exact) mass is 364 g/mol. The van der Waals surface area contributed by atoms with E-state index >= 15 is 0 Å². The van der Waals surface area contributed by atoms with Gasteiger partial charge in [0.05, 0.1) is 25.6 Å². The van der Waals surface area contributed by atoms with Crippen LogP contribution in [0, 0.1) is 6.92 Å². The van der Waals surface area contributed by atoms with E-state index in [1.807, 2.05) is 19.1 Å². The third-order valence-corrected chi connectivity index (χ3v) is 4.36. The molecule has 0 aliphatic carbocycles. The van der Waals surface area contributed by atoms with Crippen LogP contribution in [-0.4, -0.2) is 41.0 Å². The van der Waals surface area contributed by atoms with Crippen molar-refractivity contribution < 1.29 is 17.9 Å². The molecule has 0 aliphatic heterocycles. The van der Waals surface area contributed by atoms with Crippen LogP contribution >= 0.6 is 15.9 Å². The normalized spacial score (nSPS) is 11.0. The molecular formula is C12H17BrN2O4S. The molecule has 0 atom stereocenters. The SMILES string of the molecule is COC(=O)NCCN(c1ccc(C)cc1Br)S(C)(=O)=O. The van der Waals surface area contributed by atoms with Gasteiger partial charge in [0, 0.05) is 11.0 Å². The highest BCUT2D eigenvalue weighted by molar-refractivity contribution is 9.10. The number of carbonyl (C=O) groups excluding carboxylic acids is 1. The van der Waals surface area contributed by atoms with Gasteiger partial charge in [0.15, 0.2) is 0 Å². The van der Waals surface area contributed by atoms with Gasteiger partial charge in [-0.1, -0.05) is 6.07 Å². The number of ether oxygens (including phenoxy) is 1. The highest BCUT2D eigenvalue weighted by Crippen LogP contribution is 2.28. The molecular weight excluding hydrogens is 348 g/mol. The molecule has 0 aromatic heterocycles. The molecule has 0 unspecified atom stereocenters. The van der Waals surface area contributed by atoms with Crippen LogP contribution in [-0.2, 0) is 14.8 Å². The zero-order valence-corrected chi connectivity index (χ0v) is 13.9. The Morgan fingerprint density at radius 2 is 2.10 bits per heavy atom. The molecule has 1 aromatic carbocycles. The van der Waals surface area contributed by atoms with E-state index in [1.54, 1.807) is 6.07 Å². The maximum absolute atomic E-state index is 11.9. The number of amides is 1. The van der Waals surface area contributed by atoms with Crippen LogP contribution < -0.4 is 9.62 Å². The number of carbonyl (C=O) groups is 1. The number of benzene rings is 1. The van der Waals surface area contributed by atoms with Crippen LogP contribution in [0.3, 0.4) is 0 Å². The Morgan fingerprint density at radius 3 is 2.60 bits per heavy atom. The van der Waals surface area contributed by atoms with Crippen molar-refractivity contribution in [1.82, 2.24) is 5.32 Å². The number of nitrogens with one attached hydrogen (secondary N) is 1. The van der Waals surface area contributed by atoms with Gasteiger partial charge in [0.25, 0.3) is 0 Å². The van der Waals surface area contributed by atoms with Crippen molar-refractivity contribution in [1.29, 1.82) is 0 Å². The largest absolute Gasteiger partial charge is 0.453 e. The first-order valence-corrected chi connectivity index (χ1v) is 8.45. The lowest BCUT2D eigenvalue weighted by Crippen LogP contribution is -2.38. The average molecular weight is 365 g/mol. The standard InChI is InChI=1S/C12H17BrN2O4S/c1-9-4-5-11(10(13)8-9)15(20(3,17)18)7-6-14-12(16)19-2/h4-5,8H,6-7H2,1-3H3,(H,14,16). The molecule has 1 rings (SSSR count). The third-order valence-electron chi connectivity index (χ3n) is 2.54. The van der Waals surface area contributed by atoms with Gasteiger partial charge in [-0.05, 0) is 40.5 Å². The number of methoxy groups -OCH3 is 1.